The molecule has 0 amide bonds. The van der Waals surface area contributed by atoms with Crippen molar-refractivity contribution in [3.05, 3.63) is 71.8 Å². The Morgan fingerprint density at radius 1 is 0.925 bits per heavy atom. The van der Waals surface area contributed by atoms with Crippen LogP contribution in [0.1, 0.15) is 30.8 Å². The Kier molecular flexibility index (Phi) is 7.36. The molecule has 0 unspecified atom stereocenters. The molecule has 1 aromatic carbocycles. The highest BCUT2D eigenvalue weighted by Gasteiger charge is 2.34. The summed E-state index contributed by atoms with van der Waals surface area (Å²) in [6.07, 6.45) is -6.66. The number of hydrogen-bond acceptors (Lipinski definition) is 7. The van der Waals surface area contributed by atoms with Gasteiger partial charge in [0.25, 0.3) is 0 Å². The molecular weight excluding hydrogens is 538 g/mol. The number of rotatable bonds is 5. The summed E-state index contributed by atoms with van der Waals surface area (Å²) < 4.78 is 85.8. The van der Waals surface area contributed by atoms with E-state index in [1.165, 1.54) is 36.7 Å². The van der Waals surface area contributed by atoms with Crippen LogP contribution in [0.4, 0.5) is 37.8 Å². The average Bonchev–Trinajstić information content (AvgIpc) is 2.87. The average molecular weight is 563 g/mol. The number of pyridine rings is 2. The standard InChI is InChI=1S/C27H24F6N6O/c1-15-12-39(13-16(2)40-15)14-22-37-21-10-17(23-20(27(31,32)33)4-3-9-34-23)11-35-24(21)25(38-22)36-19-7-5-18(6-8-19)26(28,29)30/h3-11,15-16H,12-14H2,1-2H3,(H,36,37,38)/t15-,16+. The van der Waals surface area contributed by atoms with Crippen LogP contribution in [0.25, 0.3) is 22.3 Å². The van der Waals surface area contributed by atoms with Gasteiger partial charge in [-0.25, -0.2) is 15.0 Å². The summed E-state index contributed by atoms with van der Waals surface area (Å²) in [6.45, 7) is 5.45. The monoisotopic (exact) mass is 562 g/mol. The van der Waals surface area contributed by atoms with Crippen LogP contribution in [0, 0.1) is 0 Å². The molecule has 2 atom stereocenters. The molecule has 5 rings (SSSR count). The molecule has 1 N–H and O–H groups in total. The van der Waals surface area contributed by atoms with Crippen molar-refractivity contribution in [3.8, 4) is 11.3 Å². The van der Waals surface area contributed by atoms with Gasteiger partial charge in [0.05, 0.1) is 41.1 Å². The van der Waals surface area contributed by atoms with Crippen molar-refractivity contribution in [2.75, 3.05) is 18.4 Å². The van der Waals surface area contributed by atoms with Crippen LogP contribution in [0.15, 0.2) is 54.9 Å². The van der Waals surface area contributed by atoms with E-state index >= 15 is 0 Å². The third kappa shape index (κ3) is 6.15. The largest absolute Gasteiger partial charge is 0.418 e. The van der Waals surface area contributed by atoms with E-state index in [9.17, 15) is 26.3 Å². The van der Waals surface area contributed by atoms with Crippen molar-refractivity contribution in [2.24, 2.45) is 0 Å². The van der Waals surface area contributed by atoms with E-state index in [0.29, 0.717) is 31.1 Å². The van der Waals surface area contributed by atoms with Crippen LogP contribution in [0.5, 0.6) is 0 Å². The first-order valence-corrected chi connectivity index (χ1v) is 12.4. The maximum absolute atomic E-state index is 13.7. The number of fused-ring (bicyclic) bond motifs is 1. The Morgan fingerprint density at radius 3 is 2.27 bits per heavy atom. The third-order valence-corrected chi connectivity index (χ3v) is 6.30. The van der Waals surface area contributed by atoms with Crippen molar-refractivity contribution < 1.29 is 31.1 Å². The zero-order valence-corrected chi connectivity index (χ0v) is 21.4. The number of nitrogens with one attached hydrogen (secondary N) is 1. The van der Waals surface area contributed by atoms with Gasteiger partial charge in [0, 0.05) is 36.7 Å². The molecule has 7 nitrogen and oxygen atoms in total. The van der Waals surface area contributed by atoms with E-state index in [2.05, 4.69) is 30.2 Å². The first-order chi connectivity index (χ1) is 18.9. The third-order valence-electron chi connectivity index (χ3n) is 6.30. The lowest BCUT2D eigenvalue weighted by Crippen LogP contribution is -2.45. The first kappa shape index (κ1) is 27.7. The number of aromatic nitrogens is 4. The Morgan fingerprint density at radius 2 is 1.62 bits per heavy atom. The van der Waals surface area contributed by atoms with E-state index in [1.807, 2.05) is 13.8 Å². The number of ether oxygens (including phenoxy) is 1. The lowest BCUT2D eigenvalue weighted by molar-refractivity contribution is -0.138. The Labute approximate surface area is 225 Å². The molecule has 4 heterocycles. The van der Waals surface area contributed by atoms with Crippen molar-refractivity contribution in [1.29, 1.82) is 0 Å². The van der Waals surface area contributed by atoms with Crippen molar-refractivity contribution >= 4 is 22.5 Å². The van der Waals surface area contributed by atoms with Gasteiger partial charge in [-0.3, -0.25) is 9.88 Å². The molecule has 1 fully saturated rings. The number of anilines is 2. The predicted octanol–water partition coefficient (Wildman–Crippen LogP) is 6.48. The molecule has 0 aliphatic carbocycles. The number of nitrogens with zero attached hydrogens (tertiary/aromatic N) is 5. The molecule has 0 bridgehead atoms. The van der Waals surface area contributed by atoms with Crippen LogP contribution in [-0.4, -0.2) is 50.1 Å². The molecule has 0 saturated carbocycles. The minimum atomic E-state index is -4.63. The topological polar surface area (TPSA) is 76.1 Å². The summed E-state index contributed by atoms with van der Waals surface area (Å²) in [5.74, 6) is 0.567. The fourth-order valence-electron chi connectivity index (χ4n) is 4.71. The molecule has 0 radical (unpaired) electrons. The second-order valence-electron chi connectivity index (χ2n) is 9.63. The van der Waals surface area contributed by atoms with Gasteiger partial charge in [0.15, 0.2) is 5.82 Å². The van der Waals surface area contributed by atoms with E-state index in [0.717, 1.165) is 18.2 Å². The molecule has 4 aromatic rings. The fraction of sp³-hybridized carbons (Fsp3) is 0.333. The Hall–Kier alpha value is -3.84. The number of alkyl halides is 6. The van der Waals surface area contributed by atoms with Gasteiger partial charge in [-0.15, -0.1) is 0 Å². The second kappa shape index (κ2) is 10.6. The maximum atomic E-state index is 13.7. The quantitative estimate of drug-likeness (QED) is 0.279. The summed E-state index contributed by atoms with van der Waals surface area (Å²) in [4.78, 5) is 19.6. The van der Waals surface area contributed by atoms with Gasteiger partial charge in [-0.1, -0.05) is 0 Å². The number of halogens is 6. The Bertz CT molecular complexity index is 1500. The molecule has 1 aliphatic rings. The Balaban J connectivity index is 1.57. The fourth-order valence-corrected chi connectivity index (χ4v) is 4.71. The van der Waals surface area contributed by atoms with Crippen LogP contribution in [-0.2, 0) is 23.6 Å². The summed E-state index contributed by atoms with van der Waals surface area (Å²) in [5.41, 5.74) is -1.09. The molecule has 40 heavy (non-hydrogen) atoms. The predicted molar refractivity (Wildman–Crippen MR) is 136 cm³/mol. The maximum Gasteiger partial charge on any atom is 0.418 e. The zero-order chi connectivity index (χ0) is 28.7. The van der Waals surface area contributed by atoms with Crippen molar-refractivity contribution in [1.82, 2.24) is 24.8 Å². The molecule has 1 aliphatic heterocycles. The van der Waals surface area contributed by atoms with Gasteiger partial charge in [0.1, 0.15) is 11.3 Å². The van der Waals surface area contributed by atoms with Crippen LogP contribution in [0.3, 0.4) is 0 Å². The summed E-state index contributed by atoms with van der Waals surface area (Å²) in [6, 6.07) is 8.00. The van der Waals surface area contributed by atoms with E-state index in [-0.39, 0.29) is 40.3 Å². The van der Waals surface area contributed by atoms with E-state index < -0.39 is 23.5 Å². The van der Waals surface area contributed by atoms with Gasteiger partial charge in [0.2, 0.25) is 0 Å². The van der Waals surface area contributed by atoms with E-state index in [1.54, 1.807) is 0 Å². The van der Waals surface area contributed by atoms with Crippen LogP contribution < -0.4 is 5.32 Å². The summed E-state index contributed by atoms with van der Waals surface area (Å²) in [7, 11) is 0. The van der Waals surface area contributed by atoms with Crippen molar-refractivity contribution in [3.63, 3.8) is 0 Å². The molecular formula is C27H24F6N6O. The van der Waals surface area contributed by atoms with Crippen LogP contribution in [0.2, 0.25) is 0 Å². The van der Waals surface area contributed by atoms with E-state index in [4.69, 9.17) is 4.74 Å². The summed E-state index contributed by atoms with van der Waals surface area (Å²) >= 11 is 0. The first-order valence-electron chi connectivity index (χ1n) is 12.4. The minimum absolute atomic E-state index is 0.0211. The van der Waals surface area contributed by atoms with Gasteiger partial charge < -0.3 is 10.1 Å². The number of benzene rings is 1. The smallest absolute Gasteiger partial charge is 0.373 e. The molecule has 1 saturated heterocycles. The SMILES string of the molecule is C[C@@H]1CN(Cc2nc(Nc3ccc(C(F)(F)F)cc3)c3ncc(-c4ncccc4C(F)(F)F)cc3n2)C[C@H](C)O1. The minimum Gasteiger partial charge on any atom is -0.373 e. The highest BCUT2D eigenvalue weighted by atomic mass is 19.4. The van der Waals surface area contributed by atoms with Crippen LogP contribution >= 0.6 is 0 Å². The molecule has 0 spiro atoms. The van der Waals surface area contributed by atoms with Gasteiger partial charge >= 0.3 is 12.4 Å². The lowest BCUT2D eigenvalue weighted by atomic mass is 10.1. The highest BCUT2D eigenvalue weighted by molar-refractivity contribution is 5.89. The molecule has 13 heteroatoms. The molecule has 210 valence electrons. The summed E-state index contributed by atoms with van der Waals surface area (Å²) in [5, 5.41) is 3.00. The molecule has 3 aromatic heterocycles. The van der Waals surface area contributed by atoms with Crippen molar-refractivity contribution in [2.45, 2.75) is 45.0 Å². The lowest BCUT2D eigenvalue weighted by Gasteiger charge is -2.34. The second-order valence-corrected chi connectivity index (χ2v) is 9.63. The number of hydrogen-bond donors (Lipinski definition) is 1. The van der Waals surface area contributed by atoms with Gasteiger partial charge in [-0.05, 0) is 56.3 Å². The van der Waals surface area contributed by atoms with Gasteiger partial charge in [-0.2, -0.15) is 26.3 Å². The number of morpholine rings is 1. The zero-order valence-electron chi connectivity index (χ0n) is 21.4. The normalized spacial score (nSPS) is 18.7. The highest BCUT2D eigenvalue weighted by Crippen LogP contribution is 2.37.